The molecule has 0 aliphatic carbocycles. The molecule has 104 valence electrons. The van der Waals surface area contributed by atoms with Gasteiger partial charge in [-0.15, -0.1) is 0 Å². The van der Waals surface area contributed by atoms with E-state index in [4.69, 9.17) is 0 Å². The lowest BCUT2D eigenvalue weighted by atomic mass is 10.0. The van der Waals surface area contributed by atoms with Gasteiger partial charge < -0.3 is 4.74 Å². The molecule has 3 heteroatoms. The van der Waals surface area contributed by atoms with E-state index < -0.39 is 0 Å². The Hall–Kier alpha value is -2.16. The van der Waals surface area contributed by atoms with Crippen molar-refractivity contribution in [3.05, 3.63) is 65.0 Å². The Morgan fingerprint density at radius 3 is 2.40 bits per heavy atom. The van der Waals surface area contributed by atoms with Crippen LogP contribution in [0.1, 0.15) is 34.2 Å². The van der Waals surface area contributed by atoms with Gasteiger partial charge in [0.2, 0.25) is 0 Å². The van der Waals surface area contributed by atoms with Crippen molar-refractivity contribution in [2.45, 2.75) is 26.2 Å². The number of nitrogens with zero attached hydrogens (tertiary/aromatic N) is 1. The molecule has 2 rings (SSSR count). The Morgan fingerprint density at radius 1 is 1.05 bits per heavy atom. The molecule has 0 saturated heterocycles. The van der Waals surface area contributed by atoms with Crippen LogP contribution in [0.3, 0.4) is 0 Å². The van der Waals surface area contributed by atoms with Crippen molar-refractivity contribution in [2.24, 2.45) is 0 Å². The maximum atomic E-state index is 11.4. The van der Waals surface area contributed by atoms with Gasteiger partial charge >= 0.3 is 5.97 Å². The highest BCUT2D eigenvalue weighted by atomic mass is 16.5. The van der Waals surface area contributed by atoms with Crippen molar-refractivity contribution in [1.82, 2.24) is 4.98 Å². The fourth-order valence-corrected chi connectivity index (χ4v) is 2.05. The summed E-state index contributed by atoms with van der Waals surface area (Å²) in [5.74, 6) is -0.390. The van der Waals surface area contributed by atoms with Crippen LogP contribution in [0.25, 0.3) is 0 Å². The van der Waals surface area contributed by atoms with Crippen LogP contribution in [0.4, 0.5) is 0 Å². The topological polar surface area (TPSA) is 39.2 Å². The summed E-state index contributed by atoms with van der Waals surface area (Å²) in [6.07, 6.45) is 2.79. The Labute approximate surface area is 119 Å². The van der Waals surface area contributed by atoms with Gasteiger partial charge in [0.15, 0.2) is 0 Å². The van der Waals surface area contributed by atoms with Crippen LogP contribution < -0.4 is 0 Å². The van der Waals surface area contributed by atoms with Crippen LogP contribution in [0.2, 0.25) is 0 Å². The lowest BCUT2D eigenvalue weighted by molar-refractivity contribution is 0.0593. The first-order valence-electron chi connectivity index (χ1n) is 6.85. The van der Waals surface area contributed by atoms with Crippen LogP contribution in [-0.2, 0) is 24.0 Å². The summed E-state index contributed by atoms with van der Waals surface area (Å²) in [4.78, 5) is 15.7. The number of ether oxygens (including phenoxy) is 1. The molecule has 0 saturated carbocycles. The lowest BCUT2D eigenvalue weighted by Crippen LogP contribution is -2.06. The van der Waals surface area contributed by atoms with Crippen molar-refractivity contribution in [1.29, 1.82) is 0 Å². The predicted octanol–water partition coefficient (Wildman–Crippen LogP) is 3.22. The van der Waals surface area contributed by atoms with Crippen molar-refractivity contribution in [3.8, 4) is 0 Å². The summed E-state index contributed by atoms with van der Waals surface area (Å²) in [5.41, 5.74) is 3.91. The number of carbonyl (C=O) groups is 1. The van der Waals surface area contributed by atoms with Crippen LogP contribution >= 0.6 is 0 Å². The number of aromatic nitrogens is 1. The number of pyridine rings is 1. The van der Waals surface area contributed by atoms with Gasteiger partial charge in [0.25, 0.3) is 0 Å². The zero-order valence-corrected chi connectivity index (χ0v) is 11.9. The highest BCUT2D eigenvalue weighted by molar-refractivity contribution is 5.87. The van der Waals surface area contributed by atoms with Crippen LogP contribution in [0.15, 0.2) is 42.5 Å². The smallest absolute Gasteiger partial charge is 0.356 e. The van der Waals surface area contributed by atoms with E-state index in [1.54, 1.807) is 6.07 Å². The van der Waals surface area contributed by atoms with Gasteiger partial charge in [0.05, 0.1) is 7.11 Å². The fraction of sp³-hybridized carbons (Fsp3) is 0.294. The summed E-state index contributed by atoms with van der Waals surface area (Å²) in [7, 11) is 1.37. The van der Waals surface area contributed by atoms with Crippen molar-refractivity contribution >= 4 is 5.97 Å². The standard InChI is InChI=1S/C17H19NO2/c1-3-13-7-9-14(10-8-13)11-12-15-5-4-6-16(18-15)17(19)20-2/h4-10H,3,11-12H2,1-2H3. The maximum Gasteiger partial charge on any atom is 0.356 e. The van der Waals surface area contributed by atoms with E-state index in [9.17, 15) is 4.79 Å². The van der Waals surface area contributed by atoms with E-state index in [0.717, 1.165) is 25.0 Å². The number of hydrogen-bond acceptors (Lipinski definition) is 3. The Kier molecular flexibility index (Phi) is 4.88. The number of carbonyl (C=O) groups excluding carboxylic acids is 1. The van der Waals surface area contributed by atoms with E-state index >= 15 is 0 Å². The second-order valence-electron chi connectivity index (χ2n) is 4.68. The highest BCUT2D eigenvalue weighted by Gasteiger charge is 2.07. The van der Waals surface area contributed by atoms with Crippen LogP contribution in [0.5, 0.6) is 0 Å². The Morgan fingerprint density at radius 2 is 1.75 bits per heavy atom. The molecular formula is C17H19NO2. The molecule has 1 heterocycles. The molecule has 0 atom stereocenters. The first kappa shape index (κ1) is 14.3. The zero-order chi connectivity index (χ0) is 14.4. The second kappa shape index (κ2) is 6.85. The van der Waals surface area contributed by atoms with E-state index in [2.05, 4.69) is 40.9 Å². The third-order valence-electron chi connectivity index (χ3n) is 3.30. The quantitative estimate of drug-likeness (QED) is 0.782. The minimum absolute atomic E-state index is 0.367. The van der Waals surface area contributed by atoms with Gasteiger partial charge in [-0.2, -0.15) is 0 Å². The van der Waals surface area contributed by atoms with Crippen molar-refractivity contribution < 1.29 is 9.53 Å². The van der Waals surface area contributed by atoms with E-state index in [1.807, 2.05) is 12.1 Å². The normalized spacial score (nSPS) is 10.3. The molecule has 0 fully saturated rings. The van der Waals surface area contributed by atoms with Crippen molar-refractivity contribution in [2.75, 3.05) is 7.11 Å². The van der Waals surface area contributed by atoms with Gasteiger partial charge in [-0.25, -0.2) is 9.78 Å². The molecule has 1 aromatic carbocycles. The summed E-state index contributed by atoms with van der Waals surface area (Å²) in [6, 6.07) is 14.1. The van der Waals surface area contributed by atoms with Crippen LogP contribution in [0, 0.1) is 0 Å². The predicted molar refractivity (Wildman–Crippen MR) is 78.8 cm³/mol. The minimum atomic E-state index is -0.390. The minimum Gasteiger partial charge on any atom is -0.464 e. The van der Waals surface area contributed by atoms with Gasteiger partial charge in [0.1, 0.15) is 5.69 Å². The summed E-state index contributed by atoms with van der Waals surface area (Å²) in [6.45, 7) is 2.15. The molecule has 2 aromatic rings. The zero-order valence-electron chi connectivity index (χ0n) is 11.9. The lowest BCUT2D eigenvalue weighted by Gasteiger charge is -2.04. The number of rotatable bonds is 5. The van der Waals surface area contributed by atoms with E-state index in [1.165, 1.54) is 18.2 Å². The summed E-state index contributed by atoms with van der Waals surface area (Å²) in [5, 5.41) is 0. The number of esters is 1. The molecule has 20 heavy (non-hydrogen) atoms. The molecule has 0 aliphatic rings. The second-order valence-corrected chi connectivity index (χ2v) is 4.68. The van der Waals surface area contributed by atoms with Gasteiger partial charge in [-0.05, 0) is 42.5 Å². The molecule has 0 unspecified atom stereocenters. The monoisotopic (exact) mass is 269 g/mol. The molecule has 0 aliphatic heterocycles. The maximum absolute atomic E-state index is 11.4. The number of aryl methyl sites for hydroxylation is 3. The third kappa shape index (κ3) is 3.67. The Bertz CT molecular complexity index is 576. The number of benzene rings is 1. The van der Waals surface area contributed by atoms with E-state index in [0.29, 0.717) is 5.69 Å². The molecule has 0 bridgehead atoms. The molecule has 0 radical (unpaired) electrons. The summed E-state index contributed by atoms with van der Waals surface area (Å²) < 4.78 is 4.68. The SMILES string of the molecule is CCc1ccc(CCc2cccc(C(=O)OC)n2)cc1. The molecule has 0 amide bonds. The largest absolute Gasteiger partial charge is 0.464 e. The average Bonchev–Trinajstić information content (AvgIpc) is 2.53. The third-order valence-corrected chi connectivity index (χ3v) is 3.30. The highest BCUT2D eigenvalue weighted by Crippen LogP contribution is 2.09. The van der Waals surface area contributed by atoms with Gasteiger partial charge in [0, 0.05) is 5.69 Å². The van der Waals surface area contributed by atoms with Gasteiger partial charge in [-0.3, -0.25) is 0 Å². The molecule has 0 spiro atoms. The molecule has 3 nitrogen and oxygen atoms in total. The first-order chi connectivity index (χ1) is 9.72. The fourth-order valence-electron chi connectivity index (χ4n) is 2.05. The number of methoxy groups -OCH3 is 1. The summed E-state index contributed by atoms with van der Waals surface area (Å²) >= 11 is 0. The Balaban J connectivity index is 2.01. The molecular weight excluding hydrogens is 250 g/mol. The number of hydrogen-bond donors (Lipinski definition) is 0. The van der Waals surface area contributed by atoms with Crippen molar-refractivity contribution in [3.63, 3.8) is 0 Å². The average molecular weight is 269 g/mol. The van der Waals surface area contributed by atoms with Crippen LogP contribution in [-0.4, -0.2) is 18.1 Å². The van der Waals surface area contributed by atoms with Gasteiger partial charge in [-0.1, -0.05) is 37.3 Å². The first-order valence-corrected chi connectivity index (χ1v) is 6.85. The molecule has 0 N–H and O–H groups in total. The molecule has 1 aromatic heterocycles. The van der Waals surface area contributed by atoms with E-state index in [-0.39, 0.29) is 5.97 Å².